The molecule has 0 aromatic carbocycles. The van der Waals surface area contributed by atoms with Gasteiger partial charge in [0.2, 0.25) is 5.89 Å². The van der Waals surface area contributed by atoms with Crippen LogP contribution < -0.4 is 0 Å². The quantitative estimate of drug-likeness (QED) is 0.598. The van der Waals surface area contributed by atoms with Crippen molar-refractivity contribution in [2.24, 2.45) is 0 Å². The van der Waals surface area contributed by atoms with Gasteiger partial charge in [-0.1, -0.05) is 0 Å². The summed E-state index contributed by atoms with van der Waals surface area (Å²) in [5.41, 5.74) is 0. The van der Waals surface area contributed by atoms with Crippen molar-refractivity contribution in [1.82, 2.24) is 10.2 Å². The molecule has 1 heterocycles. The Labute approximate surface area is 74.8 Å². The van der Waals surface area contributed by atoms with Gasteiger partial charge in [0.1, 0.15) is 13.2 Å². The van der Waals surface area contributed by atoms with Crippen LogP contribution in [0.5, 0.6) is 0 Å². The van der Waals surface area contributed by atoms with E-state index in [-0.39, 0.29) is 19.1 Å². The highest BCUT2D eigenvalue weighted by atomic mass is 16.6. The molecule has 1 rings (SSSR count). The number of rotatable bonds is 5. The second-order valence-electron chi connectivity index (χ2n) is 2.08. The lowest BCUT2D eigenvalue weighted by Gasteiger charge is -2.00. The summed E-state index contributed by atoms with van der Waals surface area (Å²) in [6, 6.07) is 0. The average Bonchev–Trinajstić information content (AvgIpc) is 2.57. The third kappa shape index (κ3) is 3.66. The van der Waals surface area contributed by atoms with Crippen LogP contribution in [-0.2, 0) is 20.9 Å². The molecule has 0 aliphatic heterocycles. The summed E-state index contributed by atoms with van der Waals surface area (Å²) < 4.78 is 14.2. The van der Waals surface area contributed by atoms with Gasteiger partial charge in [-0.25, -0.2) is 4.79 Å². The van der Waals surface area contributed by atoms with Crippen LogP contribution in [0.4, 0.5) is 0 Å². The predicted octanol–water partition coefficient (Wildman–Crippen LogP) is -0.0505. The van der Waals surface area contributed by atoms with E-state index in [0.717, 1.165) is 0 Å². The molecule has 71 valence electrons. The largest absolute Gasteiger partial charge is 0.464 e. The molecule has 0 spiro atoms. The Morgan fingerprint density at radius 3 is 3.15 bits per heavy atom. The molecule has 0 bridgehead atoms. The summed E-state index contributed by atoms with van der Waals surface area (Å²) in [5, 5.41) is 6.83. The van der Waals surface area contributed by atoms with E-state index < -0.39 is 5.97 Å². The van der Waals surface area contributed by atoms with E-state index in [9.17, 15) is 4.79 Å². The molecular weight excluding hydrogens is 176 g/mol. The number of nitrogens with zero attached hydrogens (tertiary/aromatic N) is 2. The lowest BCUT2D eigenvalue weighted by atomic mass is 10.6. The van der Waals surface area contributed by atoms with Crippen LogP contribution in [-0.4, -0.2) is 29.4 Å². The number of hydrogen-bond acceptors (Lipinski definition) is 6. The molecule has 6 heteroatoms. The highest BCUT2D eigenvalue weighted by Crippen LogP contribution is 1.93. The van der Waals surface area contributed by atoms with Gasteiger partial charge in [0.05, 0.1) is 6.61 Å². The van der Waals surface area contributed by atoms with Crippen LogP contribution in [0.1, 0.15) is 12.8 Å². The number of carbonyl (C=O) groups is 1. The summed E-state index contributed by atoms with van der Waals surface area (Å²) in [7, 11) is 0. The summed E-state index contributed by atoms with van der Waals surface area (Å²) in [5.74, 6) is -0.129. The molecule has 0 aliphatic carbocycles. The zero-order valence-corrected chi connectivity index (χ0v) is 7.15. The summed E-state index contributed by atoms with van der Waals surface area (Å²) in [6.07, 6.45) is 2.16. The van der Waals surface area contributed by atoms with Crippen LogP contribution in [0.3, 0.4) is 0 Å². The Morgan fingerprint density at radius 1 is 1.69 bits per heavy atom. The van der Waals surface area contributed by atoms with Gasteiger partial charge in [-0.05, 0) is 6.92 Å². The molecule has 13 heavy (non-hydrogen) atoms. The summed E-state index contributed by atoms with van der Waals surface area (Å²) in [4.78, 5) is 10.7. The normalized spacial score (nSPS) is 9.92. The SMILES string of the molecule is CCOC(=O)COCc1nn[c]o1. The third-order valence-electron chi connectivity index (χ3n) is 1.12. The number of hydrogen-bond donors (Lipinski definition) is 0. The van der Waals surface area contributed by atoms with E-state index in [1.54, 1.807) is 6.92 Å². The topological polar surface area (TPSA) is 74.5 Å². The Morgan fingerprint density at radius 2 is 2.54 bits per heavy atom. The van der Waals surface area contributed by atoms with E-state index in [0.29, 0.717) is 6.61 Å². The fourth-order valence-electron chi connectivity index (χ4n) is 0.652. The average molecular weight is 185 g/mol. The summed E-state index contributed by atoms with van der Waals surface area (Å²) in [6.45, 7) is 2.05. The minimum Gasteiger partial charge on any atom is -0.464 e. The van der Waals surface area contributed by atoms with Crippen molar-refractivity contribution in [2.45, 2.75) is 13.5 Å². The summed E-state index contributed by atoms with van der Waals surface area (Å²) >= 11 is 0. The van der Waals surface area contributed by atoms with Gasteiger partial charge >= 0.3 is 12.4 Å². The maximum Gasteiger partial charge on any atom is 0.332 e. The second kappa shape index (κ2) is 5.26. The number of carbonyl (C=O) groups excluding carboxylic acids is 1. The van der Waals surface area contributed by atoms with Crippen molar-refractivity contribution in [1.29, 1.82) is 0 Å². The first kappa shape index (κ1) is 9.66. The van der Waals surface area contributed by atoms with E-state index in [1.165, 1.54) is 0 Å². The van der Waals surface area contributed by atoms with Crippen molar-refractivity contribution in [2.75, 3.05) is 13.2 Å². The molecule has 0 saturated carbocycles. The number of ether oxygens (including phenoxy) is 2. The molecule has 1 aromatic heterocycles. The Balaban J connectivity index is 2.11. The zero-order valence-electron chi connectivity index (χ0n) is 7.15. The molecular formula is C7H9N2O4. The highest BCUT2D eigenvalue weighted by molar-refractivity contribution is 5.70. The van der Waals surface area contributed by atoms with Crippen molar-refractivity contribution >= 4 is 5.97 Å². The Hall–Kier alpha value is -1.43. The maximum absolute atomic E-state index is 10.7. The first-order valence-corrected chi connectivity index (χ1v) is 3.74. The molecule has 0 atom stereocenters. The van der Waals surface area contributed by atoms with Gasteiger partial charge in [0.25, 0.3) is 0 Å². The second-order valence-corrected chi connectivity index (χ2v) is 2.08. The third-order valence-corrected chi connectivity index (χ3v) is 1.12. The minimum absolute atomic E-state index is 0.0926. The molecule has 1 aromatic rings. The van der Waals surface area contributed by atoms with Crippen LogP contribution in [0.25, 0.3) is 0 Å². The van der Waals surface area contributed by atoms with Crippen molar-refractivity contribution in [3.63, 3.8) is 0 Å². The van der Waals surface area contributed by atoms with Crippen molar-refractivity contribution in [3.05, 3.63) is 12.3 Å². The molecule has 0 unspecified atom stereocenters. The molecule has 0 saturated heterocycles. The Kier molecular flexibility index (Phi) is 3.90. The van der Waals surface area contributed by atoms with E-state index in [2.05, 4.69) is 25.7 Å². The van der Waals surface area contributed by atoms with E-state index in [4.69, 9.17) is 4.74 Å². The van der Waals surface area contributed by atoms with Crippen LogP contribution in [0.15, 0.2) is 4.42 Å². The van der Waals surface area contributed by atoms with Gasteiger partial charge in [0, 0.05) is 0 Å². The maximum atomic E-state index is 10.7. The molecule has 1 radical (unpaired) electrons. The predicted molar refractivity (Wildman–Crippen MR) is 39.4 cm³/mol. The Bertz CT molecular complexity index is 247. The first-order valence-electron chi connectivity index (χ1n) is 3.74. The standard InChI is InChI=1S/C7H9N2O4/c1-2-12-7(10)4-11-3-6-9-8-5-13-6/h2-4H2,1H3. The van der Waals surface area contributed by atoms with Gasteiger partial charge in [-0.15, -0.1) is 10.2 Å². The monoisotopic (exact) mass is 185 g/mol. The number of esters is 1. The van der Waals surface area contributed by atoms with Gasteiger partial charge < -0.3 is 13.9 Å². The lowest BCUT2D eigenvalue weighted by Crippen LogP contribution is -2.12. The smallest absolute Gasteiger partial charge is 0.332 e. The fourth-order valence-corrected chi connectivity index (χ4v) is 0.652. The number of aromatic nitrogens is 2. The zero-order chi connectivity index (χ0) is 9.52. The van der Waals surface area contributed by atoms with Crippen LogP contribution in [0, 0.1) is 6.39 Å². The fraction of sp³-hybridized carbons (Fsp3) is 0.571. The van der Waals surface area contributed by atoms with E-state index >= 15 is 0 Å². The van der Waals surface area contributed by atoms with Crippen molar-refractivity contribution in [3.8, 4) is 0 Å². The molecule has 6 nitrogen and oxygen atoms in total. The van der Waals surface area contributed by atoms with E-state index in [1.807, 2.05) is 0 Å². The van der Waals surface area contributed by atoms with Crippen molar-refractivity contribution < 1.29 is 18.7 Å². The molecule has 0 aliphatic rings. The minimum atomic E-state index is -0.411. The molecule has 0 fully saturated rings. The first-order chi connectivity index (χ1) is 6.33. The van der Waals surface area contributed by atoms with Crippen LogP contribution in [0.2, 0.25) is 0 Å². The lowest BCUT2D eigenvalue weighted by molar-refractivity contribution is -0.149. The molecule has 0 N–H and O–H groups in total. The van der Waals surface area contributed by atoms with Gasteiger partial charge in [0.15, 0.2) is 0 Å². The van der Waals surface area contributed by atoms with Gasteiger partial charge in [-0.3, -0.25) is 0 Å². The van der Waals surface area contributed by atoms with Gasteiger partial charge in [-0.2, -0.15) is 0 Å². The van der Waals surface area contributed by atoms with Crippen LogP contribution >= 0.6 is 0 Å². The highest BCUT2D eigenvalue weighted by Gasteiger charge is 2.03. The molecule has 0 amide bonds.